The summed E-state index contributed by atoms with van der Waals surface area (Å²) < 4.78 is 0. The van der Waals surface area contributed by atoms with E-state index in [9.17, 15) is 4.79 Å². The average molecular weight is 379 g/mol. The number of hydrogen-bond acceptors (Lipinski definition) is 1. The van der Waals surface area contributed by atoms with Gasteiger partial charge in [0.1, 0.15) is 5.78 Å². The van der Waals surface area contributed by atoms with E-state index in [1.54, 1.807) is 0 Å². The number of ketones is 1. The summed E-state index contributed by atoms with van der Waals surface area (Å²) in [5.41, 5.74) is 2.78. The van der Waals surface area contributed by atoms with Gasteiger partial charge in [0, 0.05) is 0 Å². The Hall–Kier alpha value is -1.11. The molecule has 0 heterocycles. The van der Waals surface area contributed by atoms with Crippen LogP contribution < -0.4 is 0 Å². The summed E-state index contributed by atoms with van der Waals surface area (Å²) in [6, 6.07) is 8.61. The zero-order chi connectivity index (χ0) is 21.7. The quantitative estimate of drug-likeness (QED) is 0.463. The third kappa shape index (κ3) is 36.5. The van der Waals surface area contributed by atoms with Gasteiger partial charge in [-0.1, -0.05) is 117 Å². The Morgan fingerprint density at radius 1 is 0.889 bits per heavy atom. The van der Waals surface area contributed by atoms with E-state index in [4.69, 9.17) is 0 Å². The van der Waals surface area contributed by atoms with Crippen molar-refractivity contribution in [2.24, 2.45) is 11.8 Å². The predicted octanol–water partition coefficient (Wildman–Crippen LogP) is 8.82. The lowest BCUT2D eigenvalue weighted by Crippen LogP contribution is -1.93. The van der Waals surface area contributed by atoms with Crippen molar-refractivity contribution in [3.63, 3.8) is 0 Å². The molecule has 0 aromatic heterocycles. The molecule has 0 aliphatic carbocycles. The smallest absolute Gasteiger partial charge is 0.126 e. The normalized spacial score (nSPS) is 9.48. The van der Waals surface area contributed by atoms with Crippen LogP contribution in [0.2, 0.25) is 0 Å². The highest BCUT2D eigenvalue weighted by atomic mass is 16.1. The first kappa shape index (κ1) is 30.6. The van der Waals surface area contributed by atoms with Gasteiger partial charge in [-0.25, -0.2) is 0 Å². The molecule has 0 radical (unpaired) electrons. The van der Waals surface area contributed by atoms with Gasteiger partial charge in [-0.2, -0.15) is 0 Å². The Labute approximate surface area is 172 Å². The Morgan fingerprint density at radius 3 is 1.56 bits per heavy atom. The van der Waals surface area contributed by atoms with E-state index in [1.165, 1.54) is 63.5 Å². The summed E-state index contributed by atoms with van der Waals surface area (Å²) in [7, 11) is 0. The van der Waals surface area contributed by atoms with Crippen LogP contribution in [-0.4, -0.2) is 5.78 Å². The number of carbonyl (C=O) groups excluding carboxylic acids is 1. The number of unbranched alkanes of at least 4 members (excludes halogenated alkanes) is 2. The van der Waals surface area contributed by atoms with Crippen LogP contribution in [0.3, 0.4) is 0 Å². The van der Waals surface area contributed by atoms with Crippen molar-refractivity contribution in [3.8, 4) is 0 Å². The summed E-state index contributed by atoms with van der Waals surface area (Å²) in [6.07, 6.45) is 9.58. The second kappa shape index (κ2) is 22.9. The predicted molar refractivity (Wildman–Crippen MR) is 126 cm³/mol. The van der Waals surface area contributed by atoms with Crippen molar-refractivity contribution in [2.75, 3.05) is 0 Å². The Kier molecular flexibility index (Phi) is 26.0. The summed E-state index contributed by atoms with van der Waals surface area (Å²) in [6.45, 7) is 20.8. The van der Waals surface area contributed by atoms with Gasteiger partial charge in [0.2, 0.25) is 0 Å². The number of benzene rings is 1. The molecule has 0 atom stereocenters. The topological polar surface area (TPSA) is 17.1 Å². The highest BCUT2D eigenvalue weighted by Gasteiger charge is 1.98. The summed E-state index contributed by atoms with van der Waals surface area (Å²) in [4.78, 5) is 9.44. The Balaban J connectivity index is -0.000000310. The maximum absolute atomic E-state index is 9.44. The van der Waals surface area contributed by atoms with Crippen LogP contribution in [0.15, 0.2) is 24.3 Å². The van der Waals surface area contributed by atoms with Gasteiger partial charge in [0.15, 0.2) is 0 Å². The summed E-state index contributed by atoms with van der Waals surface area (Å²) in [5.74, 6) is 1.97. The van der Waals surface area contributed by atoms with Crippen LogP contribution >= 0.6 is 0 Å². The SMILES string of the molecule is CC(C)=O.CC(C)C.CCCCC(C)CCCC.CCc1cccc(C)c1. The molecule has 0 amide bonds. The summed E-state index contributed by atoms with van der Waals surface area (Å²) >= 11 is 0. The van der Waals surface area contributed by atoms with E-state index in [1.807, 2.05) is 0 Å². The second-order valence-corrected chi connectivity index (χ2v) is 8.37. The Bertz CT molecular complexity index is 405. The first-order valence-corrected chi connectivity index (χ1v) is 11.1. The number of carbonyl (C=O) groups is 1. The van der Waals surface area contributed by atoms with Crippen LogP contribution in [0, 0.1) is 18.8 Å². The minimum Gasteiger partial charge on any atom is -0.300 e. The minimum absolute atomic E-state index is 0.167. The minimum atomic E-state index is 0.167. The zero-order valence-electron chi connectivity index (χ0n) is 20.3. The summed E-state index contributed by atoms with van der Waals surface area (Å²) in [5, 5.41) is 0. The molecule has 1 heteroatoms. The van der Waals surface area contributed by atoms with E-state index in [0.29, 0.717) is 0 Å². The fourth-order valence-electron chi connectivity index (χ4n) is 2.18. The third-order valence-electron chi connectivity index (χ3n) is 3.59. The molecule has 0 N–H and O–H groups in total. The lowest BCUT2D eigenvalue weighted by atomic mass is 9.98. The molecule has 0 bridgehead atoms. The van der Waals surface area contributed by atoms with Gasteiger partial charge < -0.3 is 4.79 Å². The fourth-order valence-corrected chi connectivity index (χ4v) is 2.18. The number of hydrogen-bond donors (Lipinski definition) is 0. The highest BCUT2D eigenvalue weighted by Crippen LogP contribution is 2.14. The molecule has 160 valence electrons. The van der Waals surface area contributed by atoms with Crippen LogP contribution in [-0.2, 0) is 11.2 Å². The van der Waals surface area contributed by atoms with Gasteiger partial charge in [0.25, 0.3) is 0 Å². The molecule has 1 aromatic rings. The molecule has 1 nitrogen and oxygen atoms in total. The van der Waals surface area contributed by atoms with E-state index in [-0.39, 0.29) is 5.78 Å². The van der Waals surface area contributed by atoms with Crippen molar-refractivity contribution in [3.05, 3.63) is 35.4 Å². The van der Waals surface area contributed by atoms with Gasteiger partial charge in [-0.15, -0.1) is 0 Å². The van der Waals surface area contributed by atoms with Crippen LogP contribution in [0.1, 0.15) is 112 Å². The first-order valence-electron chi connectivity index (χ1n) is 11.1. The molecule has 0 saturated heterocycles. The van der Waals surface area contributed by atoms with Crippen LogP contribution in [0.4, 0.5) is 0 Å². The fraction of sp³-hybridized carbons (Fsp3) is 0.731. The van der Waals surface area contributed by atoms with Gasteiger partial charge in [-0.3, -0.25) is 0 Å². The molecular weight excluding hydrogens is 328 g/mol. The van der Waals surface area contributed by atoms with E-state index < -0.39 is 0 Å². The lowest BCUT2D eigenvalue weighted by molar-refractivity contribution is -0.114. The number of aryl methyl sites for hydroxylation is 2. The molecular formula is C26H50O. The third-order valence-corrected chi connectivity index (χ3v) is 3.59. The molecule has 27 heavy (non-hydrogen) atoms. The van der Waals surface area contributed by atoms with Crippen LogP contribution in [0.25, 0.3) is 0 Å². The van der Waals surface area contributed by atoms with Crippen molar-refractivity contribution in [2.45, 2.75) is 114 Å². The number of Topliss-reactive ketones (excluding diaryl/α,β-unsaturated/α-hetero) is 1. The Morgan fingerprint density at radius 2 is 1.30 bits per heavy atom. The van der Waals surface area contributed by atoms with Crippen molar-refractivity contribution in [1.82, 2.24) is 0 Å². The molecule has 0 spiro atoms. The number of rotatable bonds is 7. The van der Waals surface area contributed by atoms with Gasteiger partial charge in [-0.05, 0) is 44.6 Å². The van der Waals surface area contributed by atoms with Crippen molar-refractivity contribution in [1.29, 1.82) is 0 Å². The molecule has 0 saturated carbocycles. The van der Waals surface area contributed by atoms with Crippen LogP contribution in [0.5, 0.6) is 0 Å². The second-order valence-electron chi connectivity index (χ2n) is 8.37. The molecule has 0 unspecified atom stereocenters. The molecule has 1 rings (SSSR count). The highest BCUT2D eigenvalue weighted by molar-refractivity contribution is 5.72. The van der Waals surface area contributed by atoms with E-state index in [2.05, 4.69) is 79.7 Å². The molecule has 0 fully saturated rings. The molecule has 1 aromatic carbocycles. The standard InChI is InChI=1S/C10H22.C9H12.C4H10.C3H6O/c1-4-6-8-10(3)9-7-5-2;1-3-9-6-4-5-8(2)7-9;1-4(2)3;1-3(2)4/h10H,4-9H2,1-3H3;4-7H,3H2,1-2H3;4H,1-3H3;1-2H3. The van der Waals surface area contributed by atoms with E-state index >= 15 is 0 Å². The monoisotopic (exact) mass is 378 g/mol. The largest absolute Gasteiger partial charge is 0.300 e. The zero-order valence-corrected chi connectivity index (χ0v) is 20.3. The van der Waals surface area contributed by atoms with Crippen molar-refractivity contribution < 1.29 is 4.79 Å². The van der Waals surface area contributed by atoms with Crippen molar-refractivity contribution >= 4 is 5.78 Å². The maximum Gasteiger partial charge on any atom is 0.126 e. The molecule has 0 aliphatic heterocycles. The van der Waals surface area contributed by atoms with Gasteiger partial charge >= 0.3 is 0 Å². The molecule has 0 aliphatic rings. The van der Waals surface area contributed by atoms with Gasteiger partial charge in [0.05, 0.1) is 0 Å². The lowest BCUT2D eigenvalue weighted by Gasteiger charge is -2.08. The van der Waals surface area contributed by atoms with E-state index in [0.717, 1.165) is 18.3 Å². The first-order chi connectivity index (χ1) is 12.6. The maximum atomic E-state index is 9.44. The average Bonchev–Trinajstić information content (AvgIpc) is 2.57.